The topological polar surface area (TPSA) is 105 Å². The fourth-order valence-corrected chi connectivity index (χ4v) is 3.56. The van der Waals surface area contributed by atoms with E-state index < -0.39 is 5.91 Å². The maximum Gasteiger partial charge on any atom is 0.295 e. The van der Waals surface area contributed by atoms with E-state index in [-0.39, 0.29) is 16.8 Å². The Labute approximate surface area is 184 Å². The summed E-state index contributed by atoms with van der Waals surface area (Å²) in [7, 11) is 1.73. The second-order valence-corrected chi connectivity index (χ2v) is 7.34. The fraction of sp³-hybridized carbons (Fsp3) is 0.261. The number of benzene rings is 1. The summed E-state index contributed by atoms with van der Waals surface area (Å²) in [4.78, 5) is 27.8. The first kappa shape index (κ1) is 21.2. The maximum absolute atomic E-state index is 13.0. The summed E-state index contributed by atoms with van der Waals surface area (Å²) in [5.74, 6) is 0.356. The summed E-state index contributed by atoms with van der Waals surface area (Å²) in [6.07, 6.45) is 1.37. The van der Waals surface area contributed by atoms with Gasteiger partial charge < -0.3 is 19.4 Å². The van der Waals surface area contributed by atoms with E-state index in [1.165, 1.54) is 10.8 Å². The molecule has 1 aliphatic heterocycles. The Morgan fingerprint density at radius 1 is 1.16 bits per heavy atom. The van der Waals surface area contributed by atoms with E-state index in [1.807, 2.05) is 29.2 Å². The third-order valence-corrected chi connectivity index (χ3v) is 5.38. The third-order valence-electron chi connectivity index (χ3n) is 5.38. The summed E-state index contributed by atoms with van der Waals surface area (Å²) < 4.78 is 14.2. The second kappa shape index (κ2) is 8.99. The molecule has 3 heterocycles. The number of rotatable bonds is 5. The Morgan fingerprint density at radius 2 is 1.88 bits per heavy atom. The van der Waals surface area contributed by atoms with Gasteiger partial charge in [-0.3, -0.25) is 14.3 Å². The zero-order valence-electron chi connectivity index (χ0n) is 17.9. The van der Waals surface area contributed by atoms with Gasteiger partial charge >= 0.3 is 0 Å². The van der Waals surface area contributed by atoms with Crippen LogP contribution >= 0.6 is 0 Å². The van der Waals surface area contributed by atoms with E-state index in [9.17, 15) is 14.9 Å². The van der Waals surface area contributed by atoms with Crippen LogP contribution in [0.3, 0.4) is 0 Å². The number of carbonyl (C=O) groups excluding carboxylic acids is 1. The maximum atomic E-state index is 13.0. The zero-order chi connectivity index (χ0) is 22.7. The first-order chi connectivity index (χ1) is 15.5. The van der Waals surface area contributed by atoms with Crippen LogP contribution in [-0.4, -0.2) is 41.6 Å². The number of carbonyl (C=O) groups is 1. The molecule has 1 aliphatic rings. The van der Waals surface area contributed by atoms with Gasteiger partial charge in [-0.05, 0) is 25.1 Å². The van der Waals surface area contributed by atoms with Crippen LogP contribution in [0.4, 0.5) is 11.6 Å². The van der Waals surface area contributed by atoms with Gasteiger partial charge in [-0.25, -0.2) is 4.68 Å². The lowest BCUT2D eigenvalue weighted by Gasteiger charge is -2.26. The molecule has 1 aromatic carbocycles. The van der Waals surface area contributed by atoms with Crippen LogP contribution in [0.5, 0.6) is 0 Å². The Bertz CT molecular complexity index is 1250. The summed E-state index contributed by atoms with van der Waals surface area (Å²) in [5.41, 5.74) is 0.815. The standard InChI is InChI=1S/C23H23N5O4/c1-16-21(23(30)28(26(16)2)18-6-4-3-5-7-18)25-22(29)17(15-24)14-19-8-9-20(32-19)27-10-12-31-13-11-27/h3-9,14H,10-13H2,1-2H3,(H,25,29)/b17-14-. The number of ether oxygens (including phenoxy) is 1. The molecule has 4 rings (SSSR count). The van der Waals surface area contributed by atoms with E-state index in [0.717, 1.165) is 0 Å². The molecule has 9 nitrogen and oxygen atoms in total. The molecule has 164 valence electrons. The van der Waals surface area contributed by atoms with Crippen LogP contribution < -0.4 is 15.8 Å². The van der Waals surface area contributed by atoms with Crippen molar-refractivity contribution >= 4 is 23.6 Å². The number of nitrogens with zero attached hydrogens (tertiary/aromatic N) is 4. The molecule has 0 aliphatic carbocycles. The van der Waals surface area contributed by atoms with Crippen molar-refractivity contribution in [2.45, 2.75) is 6.92 Å². The van der Waals surface area contributed by atoms with Crippen molar-refractivity contribution in [3.63, 3.8) is 0 Å². The highest BCUT2D eigenvalue weighted by atomic mass is 16.5. The molecular formula is C23H23N5O4. The Morgan fingerprint density at radius 3 is 2.56 bits per heavy atom. The van der Waals surface area contributed by atoms with Crippen molar-refractivity contribution in [1.29, 1.82) is 5.26 Å². The van der Waals surface area contributed by atoms with Gasteiger partial charge in [0.1, 0.15) is 23.1 Å². The normalized spacial score (nSPS) is 14.3. The van der Waals surface area contributed by atoms with Crippen LogP contribution in [0.15, 0.2) is 57.2 Å². The molecule has 1 saturated heterocycles. The molecule has 9 heteroatoms. The molecule has 0 spiro atoms. The summed E-state index contributed by atoms with van der Waals surface area (Å²) in [6.45, 7) is 4.39. The largest absolute Gasteiger partial charge is 0.441 e. The van der Waals surface area contributed by atoms with Crippen LogP contribution in [-0.2, 0) is 16.6 Å². The average molecular weight is 433 g/mol. The monoisotopic (exact) mass is 433 g/mol. The Hall–Kier alpha value is -4.03. The quantitative estimate of drug-likeness (QED) is 0.490. The van der Waals surface area contributed by atoms with Gasteiger partial charge in [0.2, 0.25) is 0 Å². The van der Waals surface area contributed by atoms with E-state index in [1.54, 1.807) is 42.9 Å². The number of amides is 1. The van der Waals surface area contributed by atoms with Gasteiger partial charge in [0.05, 0.1) is 24.6 Å². The highest BCUT2D eigenvalue weighted by Gasteiger charge is 2.20. The first-order valence-electron chi connectivity index (χ1n) is 10.2. The number of anilines is 2. The lowest BCUT2D eigenvalue weighted by Crippen LogP contribution is -2.35. The van der Waals surface area contributed by atoms with Crippen molar-refractivity contribution < 1.29 is 13.9 Å². The second-order valence-electron chi connectivity index (χ2n) is 7.34. The first-order valence-corrected chi connectivity index (χ1v) is 10.2. The van der Waals surface area contributed by atoms with Gasteiger partial charge in [-0.15, -0.1) is 0 Å². The molecule has 0 saturated carbocycles. The molecule has 1 amide bonds. The highest BCUT2D eigenvalue weighted by Crippen LogP contribution is 2.22. The average Bonchev–Trinajstić information content (AvgIpc) is 3.37. The number of nitrogens with one attached hydrogen (secondary N) is 1. The highest BCUT2D eigenvalue weighted by molar-refractivity contribution is 6.09. The summed E-state index contributed by atoms with van der Waals surface area (Å²) >= 11 is 0. The van der Waals surface area contributed by atoms with Gasteiger partial charge in [0.25, 0.3) is 11.5 Å². The van der Waals surface area contributed by atoms with Crippen LogP contribution in [0.2, 0.25) is 0 Å². The third kappa shape index (κ3) is 4.08. The van der Waals surface area contributed by atoms with Crippen LogP contribution in [0.1, 0.15) is 11.5 Å². The molecular weight excluding hydrogens is 410 g/mol. The lowest BCUT2D eigenvalue weighted by molar-refractivity contribution is -0.112. The van der Waals surface area contributed by atoms with Crippen LogP contribution in [0.25, 0.3) is 11.8 Å². The van der Waals surface area contributed by atoms with Crippen molar-refractivity contribution in [1.82, 2.24) is 9.36 Å². The van der Waals surface area contributed by atoms with E-state index >= 15 is 0 Å². The van der Waals surface area contributed by atoms with Crippen molar-refractivity contribution in [3.8, 4) is 11.8 Å². The van der Waals surface area contributed by atoms with Crippen LogP contribution in [0, 0.1) is 18.3 Å². The molecule has 0 unspecified atom stereocenters. The SMILES string of the molecule is Cc1c(NC(=O)/C(C#N)=C\c2ccc(N3CCOCC3)o2)c(=O)n(-c2ccccc2)n1C. The molecule has 1 N–H and O–H groups in total. The Kier molecular flexibility index (Phi) is 5.96. The number of furan rings is 1. The number of nitriles is 1. The molecule has 0 bridgehead atoms. The van der Waals surface area contributed by atoms with E-state index in [0.29, 0.717) is 49.3 Å². The number of para-hydroxylation sites is 1. The minimum Gasteiger partial charge on any atom is -0.441 e. The van der Waals surface area contributed by atoms with Crippen molar-refractivity contribution in [2.24, 2.45) is 7.05 Å². The van der Waals surface area contributed by atoms with Gasteiger partial charge in [-0.2, -0.15) is 5.26 Å². The predicted octanol–water partition coefficient (Wildman–Crippen LogP) is 2.46. The number of hydrogen-bond donors (Lipinski definition) is 1. The minimum atomic E-state index is -0.678. The summed E-state index contributed by atoms with van der Waals surface area (Å²) in [6, 6.07) is 14.5. The van der Waals surface area contributed by atoms with Gasteiger partial charge in [0, 0.05) is 32.3 Å². The van der Waals surface area contributed by atoms with E-state index in [4.69, 9.17) is 9.15 Å². The fourth-order valence-electron chi connectivity index (χ4n) is 3.56. The number of hydrogen-bond acceptors (Lipinski definition) is 6. The number of aromatic nitrogens is 2. The molecule has 0 atom stereocenters. The number of morpholine rings is 1. The van der Waals surface area contributed by atoms with E-state index in [2.05, 4.69) is 5.32 Å². The Balaban J connectivity index is 1.58. The minimum absolute atomic E-state index is 0.121. The van der Waals surface area contributed by atoms with Crippen molar-refractivity contribution in [3.05, 3.63) is 69.8 Å². The lowest BCUT2D eigenvalue weighted by atomic mass is 10.2. The smallest absolute Gasteiger partial charge is 0.295 e. The molecule has 1 fully saturated rings. The van der Waals surface area contributed by atoms with Gasteiger partial charge in [0.15, 0.2) is 5.88 Å². The van der Waals surface area contributed by atoms with Crippen molar-refractivity contribution in [2.75, 3.05) is 36.5 Å². The predicted molar refractivity (Wildman–Crippen MR) is 120 cm³/mol. The molecule has 0 radical (unpaired) electrons. The summed E-state index contributed by atoms with van der Waals surface area (Å²) in [5, 5.41) is 12.1. The van der Waals surface area contributed by atoms with Gasteiger partial charge in [-0.1, -0.05) is 18.2 Å². The molecule has 2 aromatic heterocycles. The molecule has 32 heavy (non-hydrogen) atoms. The zero-order valence-corrected chi connectivity index (χ0v) is 17.9. The molecule has 3 aromatic rings.